The van der Waals surface area contributed by atoms with Crippen molar-refractivity contribution < 1.29 is 19.0 Å². The van der Waals surface area contributed by atoms with Crippen molar-refractivity contribution in [2.75, 3.05) is 32.4 Å². The van der Waals surface area contributed by atoms with Crippen LogP contribution in [0, 0.1) is 0 Å². The molecule has 0 aliphatic carbocycles. The number of para-hydroxylation sites is 3. The molecule has 3 rings (SSSR count). The van der Waals surface area contributed by atoms with Crippen molar-refractivity contribution >= 4 is 28.7 Å². The molecule has 3 N–H and O–H groups in total. The lowest BCUT2D eigenvalue weighted by molar-refractivity contribution is 0.102. The van der Waals surface area contributed by atoms with Gasteiger partial charge in [-0.1, -0.05) is 30.3 Å². The fourth-order valence-electron chi connectivity index (χ4n) is 3.14. The SMILES string of the molecule is COc1cc(C(=O)Nc2ccccc2C(C)=Nc2ccccc2N)cc(OC)c1OC. The average molecular weight is 419 g/mol. The van der Waals surface area contributed by atoms with Gasteiger partial charge in [-0.25, -0.2) is 0 Å². The van der Waals surface area contributed by atoms with Gasteiger partial charge in [-0.05, 0) is 37.3 Å². The van der Waals surface area contributed by atoms with Gasteiger partial charge in [0.25, 0.3) is 5.91 Å². The van der Waals surface area contributed by atoms with E-state index < -0.39 is 0 Å². The van der Waals surface area contributed by atoms with Crippen molar-refractivity contribution in [2.45, 2.75) is 6.92 Å². The molecule has 0 saturated heterocycles. The third-order valence-corrected chi connectivity index (χ3v) is 4.72. The summed E-state index contributed by atoms with van der Waals surface area (Å²) in [6.45, 7) is 1.87. The predicted octanol–water partition coefficient (Wildman–Crippen LogP) is 4.69. The molecular formula is C24H25N3O4. The monoisotopic (exact) mass is 419 g/mol. The fourth-order valence-corrected chi connectivity index (χ4v) is 3.14. The van der Waals surface area contributed by atoms with Gasteiger partial charge in [0.05, 0.1) is 38.4 Å². The maximum absolute atomic E-state index is 13.0. The fraction of sp³-hybridized carbons (Fsp3) is 0.167. The Morgan fingerprint density at radius 1 is 0.903 bits per heavy atom. The molecule has 31 heavy (non-hydrogen) atoms. The Labute approximate surface area is 181 Å². The summed E-state index contributed by atoms with van der Waals surface area (Å²) in [5.41, 5.74) is 9.76. The number of hydrogen-bond donors (Lipinski definition) is 2. The lowest BCUT2D eigenvalue weighted by atomic mass is 10.1. The molecule has 0 unspecified atom stereocenters. The van der Waals surface area contributed by atoms with E-state index in [1.807, 2.05) is 49.4 Å². The molecule has 0 bridgehead atoms. The quantitative estimate of drug-likeness (QED) is 0.428. The second-order valence-electron chi connectivity index (χ2n) is 6.67. The highest BCUT2D eigenvalue weighted by Gasteiger charge is 2.18. The summed E-state index contributed by atoms with van der Waals surface area (Å²) in [7, 11) is 4.52. The van der Waals surface area contributed by atoms with Crippen LogP contribution in [0.25, 0.3) is 0 Å². The smallest absolute Gasteiger partial charge is 0.255 e. The van der Waals surface area contributed by atoms with Crippen LogP contribution in [0.1, 0.15) is 22.8 Å². The van der Waals surface area contributed by atoms with Gasteiger partial charge < -0.3 is 25.3 Å². The molecule has 160 valence electrons. The lowest BCUT2D eigenvalue weighted by Gasteiger charge is -2.15. The van der Waals surface area contributed by atoms with Crippen LogP contribution >= 0.6 is 0 Å². The van der Waals surface area contributed by atoms with E-state index in [4.69, 9.17) is 19.9 Å². The summed E-state index contributed by atoms with van der Waals surface area (Å²) < 4.78 is 16.0. The summed E-state index contributed by atoms with van der Waals surface area (Å²) in [4.78, 5) is 17.6. The van der Waals surface area contributed by atoms with Crippen molar-refractivity contribution in [1.29, 1.82) is 0 Å². The van der Waals surface area contributed by atoms with Crippen molar-refractivity contribution in [3.63, 3.8) is 0 Å². The van der Waals surface area contributed by atoms with Crippen LogP contribution in [0.2, 0.25) is 0 Å². The van der Waals surface area contributed by atoms with Crippen molar-refractivity contribution in [2.24, 2.45) is 4.99 Å². The first-order chi connectivity index (χ1) is 15.0. The van der Waals surface area contributed by atoms with Gasteiger partial charge in [-0.3, -0.25) is 9.79 Å². The minimum Gasteiger partial charge on any atom is -0.493 e. The van der Waals surface area contributed by atoms with E-state index in [1.165, 1.54) is 21.3 Å². The number of nitrogens with two attached hydrogens (primary N) is 1. The number of nitrogens with zero attached hydrogens (tertiary/aromatic N) is 1. The maximum Gasteiger partial charge on any atom is 0.255 e. The molecule has 0 saturated carbocycles. The number of carbonyl (C=O) groups is 1. The molecular weight excluding hydrogens is 394 g/mol. The van der Waals surface area contributed by atoms with Crippen LogP contribution in [-0.2, 0) is 0 Å². The number of aliphatic imine (C=N–C) groups is 1. The first-order valence-corrected chi connectivity index (χ1v) is 9.59. The molecule has 0 aliphatic heterocycles. The third-order valence-electron chi connectivity index (χ3n) is 4.72. The lowest BCUT2D eigenvalue weighted by Crippen LogP contribution is -2.15. The molecule has 3 aromatic rings. The van der Waals surface area contributed by atoms with Gasteiger partial charge in [-0.15, -0.1) is 0 Å². The summed E-state index contributed by atoms with van der Waals surface area (Å²) in [6.07, 6.45) is 0. The van der Waals surface area contributed by atoms with Crippen LogP contribution in [0.3, 0.4) is 0 Å². The second kappa shape index (κ2) is 9.67. The number of nitrogen functional groups attached to an aromatic ring is 1. The molecule has 7 nitrogen and oxygen atoms in total. The van der Waals surface area contributed by atoms with Crippen molar-refractivity contribution in [3.05, 3.63) is 71.8 Å². The van der Waals surface area contributed by atoms with E-state index in [0.717, 1.165) is 11.3 Å². The highest BCUT2D eigenvalue weighted by molar-refractivity contribution is 6.11. The van der Waals surface area contributed by atoms with Gasteiger partial charge in [0.2, 0.25) is 5.75 Å². The van der Waals surface area contributed by atoms with E-state index in [0.29, 0.717) is 39.9 Å². The highest BCUT2D eigenvalue weighted by atomic mass is 16.5. The molecule has 0 aromatic heterocycles. The standard InChI is InChI=1S/C24H25N3O4/c1-15(26-20-12-8-6-10-18(20)25)17-9-5-7-11-19(17)27-24(28)16-13-21(29-2)23(31-4)22(14-16)30-3/h5-14H,25H2,1-4H3,(H,27,28). The van der Waals surface area contributed by atoms with E-state index in [1.54, 1.807) is 18.2 Å². The number of amides is 1. The minimum absolute atomic E-state index is 0.321. The Morgan fingerprint density at radius 2 is 1.52 bits per heavy atom. The Balaban J connectivity index is 1.94. The Hall–Kier alpha value is -4.00. The number of rotatable bonds is 7. The van der Waals surface area contributed by atoms with E-state index in [-0.39, 0.29) is 5.91 Å². The van der Waals surface area contributed by atoms with Crippen LogP contribution in [0.5, 0.6) is 17.2 Å². The molecule has 3 aromatic carbocycles. The number of hydrogen-bond acceptors (Lipinski definition) is 6. The zero-order valence-corrected chi connectivity index (χ0v) is 17.9. The van der Waals surface area contributed by atoms with E-state index >= 15 is 0 Å². The minimum atomic E-state index is -0.321. The van der Waals surface area contributed by atoms with E-state index in [9.17, 15) is 4.79 Å². The number of anilines is 2. The van der Waals surface area contributed by atoms with Crippen molar-refractivity contribution in [1.82, 2.24) is 0 Å². The number of benzene rings is 3. The largest absolute Gasteiger partial charge is 0.493 e. The molecule has 1 amide bonds. The van der Waals surface area contributed by atoms with Gasteiger partial charge in [0, 0.05) is 16.8 Å². The third kappa shape index (κ3) is 4.78. The van der Waals surface area contributed by atoms with Crippen molar-refractivity contribution in [3.8, 4) is 17.2 Å². The predicted molar refractivity (Wildman–Crippen MR) is 123 cm³/mol. The molecule has 0 aliphatic rings. The molecule has 7 heteroatoms. The van der Waals surface area contributed by atoms with Crippen LogP contribution in [-0.4, -0.2) is 32.9 Å². The van der Waals surface area contributed by atoms with Crippen LogP contribution < -0.4 is 25.3 Å². The number of nitrogens with one attached hydrogen (secondary N) is 1. The number of carbonyl (C=O) groups excluding carboxylic acids is 1. The maximum atomic E-state index is 13.0. The second-order valence-corrected chi connectivity index (χ2v) is 6.67. The van der Waals surface area contributed by atoms with Crippen LogP contribution in [0.15, 0.2) is 65.7 Å². The summed E-state index contributed by atoms with van der Waals surface area (Å²) in [5, 5.41) is 2.95. The highest BCUT2D eigenvalue weighted by Crippen LogP contribution is 2.38. The normalized spacial score (nSPS) is 11.0. The zero-order valence-electron chi connectivity index (χ0n) is 17.9. The first-order valence-electron chi connectivity index (χ1n) is 9.59. The Kier molecular flexibility index (Phi) is 6.77. The van der Waals surface area contributed by atoms with Gasteiger partial charge in [0.1, 0.15) is 0 Å². The Morgan fingerprint density at radius 3 is 2.13 bits per heavy atom. The molecule has 0 atom stereocenters. The molecule has 0 fully saturated rings. The number of ether oxygens (including phenoxy) is 3. The van der Waals surface area contributed by atoms with E-state index in [2.05, 4.69) is 10.3 Å². The Bertz CT molecular complexity index is 1100. The molecule has 0 spiro atoms. The van der Waals surface area contributed by atoms with Gasteiger partial charge in [0.15, 0.2) is 11.5 Å². The van der Waals surface area contributed by atoms with Gasteiger partial charge >= 0.3 is 0 Å². The van der Waals surface area contributed by atoms with Gasteiger partial charge in [-0.2, -0.15) is 0 Å². The summed E-state index contributed by atoms with van der Waals surface area (Å²) in [5.74, 6) is 0.902. The summed E-state index contributed by atoms with van der Waals surface area (Å²) in [6, 6.07) is 18.0. The summed E-state index contributed by atoms with van der Waals surface area (Å²) >= 11 is 0. The topological polar surface area (TPSA) is 95.2 Å². The molecule has 0 radical (unpaired) electrons. The zero-order chi connectivity index (χ0) is 22.4. The average Bonchev–Trinajstić information content (AvgIpc) is 2.79. The molecule has 0 heterocycles. The number of methoxy groups -OCH3 is 3. The first kappa shape index (κ1) is 21.7. The van der Waals surface area contributed by atoms with Crippen LogP contribution in [0.4, 0.5) is 17.1 Å².